The highest BCUT2D eigenvalue weighted by Gasteiger charge is 2.17. The van der Waals surface area contributed by atoms with Gasteiger partial charge in [0.05, 0.1) is 0 Å². The van der Waals surface area contributed by atoms with Gasteiger partial charge in [-0.15, -0.1) is 0 Å². The van der Waals surface area contributed by atoms with Crippen molar-refractivity contribution in [1.29, 1.82) is 0 Å². The van der Waals surface area contributed by atoms with Crippen molar-refractivity contribution < 1.29 is 4.74 Å². The highest BCUT2D eigenvalue weighted by atomic mass is 16.5. The van der Waals surface area contributed by atoms with Gasteiger partial charge in [0.1, 0.15) is 12.4 Å². The minimum Gasteiger partial charge on any atom is -0.492 e. The predicted octanol–water partition coefficient (Wildman–Crippen LogP) is 3.88. The van der Waals surface area contributed by atoms with Crippen molar-refractivity contribution in [3.63, 3.8) is 0 Å². The third kappa shape index (κ3) is 4.34. The Hall–Kier alpha value is -1.02. The third-order valence-corrected chi connectivity index (χ3v) is 3.64. The second kappa shape index (κ2) is 6.79. The molecule has 0 radical (unpaired) electrons. The molecule has 0 aliphatic rings. The summed E-state index contributed by atoms with van der Waals surface area (Å²) in [7, 11) is 0. The zero-order chi connectivity index (χ0) is 13.6. The normalized spacial score (nSPS) is 13.4. The maximum absolute atomic E-state index is 5.93. The fourth-order valence-electron chi connectivity index (χ4n) is 1.86. The first-order chi connectivity index (χ1) is 8.49. The Morgan fingerprint density at radius 2 is 1.78 bits per heavy atom. The summed E-state index contributed by atoms with van der Waals surface area (Å²) in [6.07, 6.45) is 3.25. The minimum absolute atomic E-state index is 0.141. The summed E-state index contributed by atoms with van der Waals surface area (Å²) in [5.41, 5.74) is 7.52. The summed E-state index contributed by atoms with van der Waals surface area (Å²) in [6, 6.07) is 8.55. The van der Waals surface area contributed by atoms with E-state index in [0.717, 1.165) is 25.0 Å². The van der Waals surface area contributed by atoms with Crippen LogP contribution in [0.2, 0.25) is 0 Å². The van der Waals surface area contributed by atoms with Gasteiger partial charge >= 0.3 is 0 Å². The standard InChI is InChI=1S/C16H27NO/c1-5-7-14(17)12-18-15-10-8-13(9-11-15)16(3,4)6-2/h8-11,14H,5-7,12,17H2,1-4H3. The van der Waals surface area contributed by atoms with E-state index in [4.69, 9.17) is 10.5 Å². The molecule has 1 atom stereocenters. The van der Waals surface area contributed by atoms with E-state index in [2.05, 4.69) is 39.8 Å². The van der Waals surface area contributed by atoms with Crippen LogP contribution in [0.1, 0.15) is 52.5 Å². The van der Waals surface area contributed by atoms with Crippen molar-refractivity contribution in [2.45, 2.75) is 58.4 Å². The largest absolute Gasteiger partial charge is 0.492 e. The van der Waals surface area contributed by atoms with Gasteiger partial charge in [0.15, 0.2) is 0 Å². The Kier molecular flexibility index (Phi) is 5.67. The Balaban J connectivity index is 2.56. The van der Waals surface area contributed by atoms with Crippen LogP contribution in [0, 0.1) is 0 Å². The van der Waals surface area contributed by atoms with E-state index >= 15 is 0 Å². The number of rotatable bonds is 7. The first-order valence-corrected chi connectivity index (χ1v) is 6.98. The predicted molar refractivity (Wildman–Crippen MR) is 78.1 cm³/mol. The average molecular weight is 249 g/mol. The van der Waals surface area contributed by atoms with E-state index in [1.165, 1.54) is 5.56 Å². The number of hydrogen-bond acceptors (Lipinski definition) is 2. The maximum atomic E-state index is 5.93. The van der Waals surface area contributed by atoms with Crippen molar-refractivity contribution in [2.24, 2.45) is 5.73 Å². The fraction of sp³-hybridized carbons (Fsp3) is 0.625. The Labute approximate surface area is 112 Å². The molecule has 1 aromatic carbocycles. The lowest BCUT2D eigenvalue weighted by Gasteiger charge is -2.23. The van der Waals surface area contributed by atoms with Gasteiger partial charge in [-0.1, -0.05) is 46.2 Å². The molecule has 2 heteroatoms. The van der Waals surface area contributed by atoms with Crippen LogP contribution in [0.3, 0.4) is 0 Å². The SMILES string of the molecule is CCCC(N)COc1ccc(C(C)(C)CC)cc1. The lowest BCUT2D eigenvalue weighted by molar-refractivity contribution is 0.281. The van der Waals surface area contributed by atoms with Gasteiger partial charge in [-0.05, 0) is 36.0 Å². The number of ether oxygens (including phenoxy) is 1. The van der Waals surface area contributed by atoms with Crippen LogP contribution in [-0.2, 0) is 5.41 Å². The summed E-state index contributed by atoms with van der Waals surface area (Å²) < 4.78 is 5.70. The molecule has 1 rings (SSSR count). The van der Waals surface area contributed by atoms with Crippen molar-refractivity contribution in [3.8, 4) is 5.75 Å². The summed E-state index contributed by atoms with van der Waals surface area (Å²) in [4.78, 5) is 0. The van der Waals surface area contributed by atoms with Crippen LogP contribution in [0.5, 0.6) is 5.75 Å². The molecule has 0 aliphatic heterocycles. The maximum Gasteiger partial charge on any atom is 0.119 e. The molecule has 0 aromatic heterocycles. The molecule has 2 N–H and O–H groups in total. The molecule has 0 bridgehead atoms. The molecule has 0 spiro atoms. The van der Waals surface area contributed by atoms with Crippen LogP contribution < -0.4 is 10.5 Å². The second-order valence-electron chi connectivity index (χ2n) is 5.62. The molecule has 0 saturated carbocycles. The second-order valence-corrected chi connectivity index (χ2v) is 5.62. The van der Waals surface area contributed by atoms with Crippen LogP contribution in [-0.4, -0.2) is 12.6 Å². The Morgan fingerprint density at radius 3 is 2.28 bits per heavy atom. The smallest absolute Gasteiger partial charge is 0.119 e. The van der Waals surface area contributed by atoms with Crippen LogP contribution in [0.15, 0.2) is 24.3 Å². The van der Waals surface area contributed by atoms with E-state index < -0.39 is 0 Å². The van der Waals surface area contributed by atoms with Crippen LogP contribution >= 0.6 is 0 Å². The lowest BCUT2D eigenvalue weighted by Crippen LogP contribution is -2.27. The number of nitrogens with two attached hydrogens (primary N) is 1. The monoisotopic (exact) mass is 249 g/mol. The molecule has 2 nitrogen and oxygen atoms in total. The van der Waals surface area contributed by atoms with Crippen molar-refractivity contribution in [2.75, 3.05) is 6.61 Å². The summed E-state index contributed by atoms with van der Waals surface area (Å²) in [5, 5.41) is 0. The number of hydrogen-bond donors (Lipinski definition) is 1. The van der Waals surface area contributed by atoms with Crippen molar-refractivity contribution in [3.05, 3.63) is 29.8 Å². The van der Waals surface area contributed by atoms with Crippen LogP contribution in [0.4, 0.5) is 0 Å². The van der Waals surface area contributed by atoms with Gasteiger partial charge in [-0.25, -0.2) is 0 Å². The van der Waals surface area contributed by atoms with Crippen molar-refractivity contribution >= 4 is 0 Å². The highest BCUT2D eigenvalue weighted by Crippen LogP contribution is 2.28. The molecule has 102 valence electrons. The molecule has 0 amide bonds. The molecule has 0 heterocycles. The van der Waals surface area contributed by atoms with E-state index in [1.807, 2.05) is 12.1 Å². The first kappa shape index (κ1) is 15.0. The van der Waals surface area contributed by atoms with Crippen molar-refractivity contribution in [1.82, 2.24) is 0 Å². The molecule has 18 heavy (non-hydrogen) atoms. The molecule has 1 aromatic rings. The highest BCUT2D eigenvalue weighted by molar-refractivity contribution is 5.31. The quantitative estimate of drug-likeness (QED) is 0.796. The molecule has 1 unspecified atom stereocenters. The molecule has 0 fully saturated rings. The van der Waals surface area contributed by atoms with Gasteiger partial charge < -0.3 is 10.5 Å². The van der Waals surface area contributed by atoms with E-state index in [0.29, 0.717) is 6.61 Å². The van der Waals surface area contributed by atoms with E-state index in [1.54, 1.807) is 0 Å². The molecule has 0 saturated heterocycles. The van der Waals surface area contributed by atoms with Gasteiger partial charge in [0.25, 0.3) is 0 Å². The zero-order valence-electron chi connectivity index (χ0n) is 12.2. The van der Waals surface area contributed by atoms with Gasteiger partial charge in [-0.3, -0.25) is 0 Å². The minimum atomic E-state index is 0.141. The lowest BCUT2D eigenvalue weighted by atomic mass is 9.82. The molecular formula is C16H27NO. The zero-order valence-corrected chi connectivity index (χ0v) is 12.2. The molecule has 0 aliphatic carbocycles. The summed E-state index contributed by atoms with van der Waals surface area (Å²) in [6.45, 7) is 9.49. The van der Waals surface area contributed by atoms with Gasteiger partial charge in [0, 0.05) is 6.04 Å². The molecular weight excluding hydrogens is 222 g/mol. The van der Waals surface area contributed by atoms with Crippen LogP contribution in [0.25, 0.3) is 0 Å². The third-order valence-electron chi connectivity index (χ3n) is 3.64. The average Bonchev–Trinajstić information content (AvgIpc) is 2.37. The topological polar surface area (TPSA) is 35.2 Å². The Morgan fingerprint density at radius 1 is 1.17 bits per heavy atom. The Bertz CT molecular complexity index is 343. The van der Waals surface area contributed by atoms with E-state index in [-0.39, 0.29) is 11.5 Å². The fourth-order valence-corrected chi connectivity index (χ4v) is 1.86. The summed E-state index contributed by atoms with van der Waals surface area (Å²) >= 11 is 0. The summed E-state index contributed by atoms with van der Waals surface area (Å²) in [5.74, 6) is 0.914. The van der Waals surface area contributed by atoms with Gasteiger partial charge in [0.2, 0.25) is 0 Å². The van der Waals surface area contributed by atoms with E-state index in [9.17, 15) is 0 Å². The number of benzene rings is 1. The first-order valence-electron chi connectivity index (χ1n) is 6.98. The van der Waals surface area contributed by atoms with Gasteiger partial charge in [-0.2, -0.15) is 0 Å².